The molecule has 14 heteroatoms. The van der Waals surface area contributed by atoms with Crippen LogP contribution in [-0.4, -0.2) is 60.6 Å². The van der Waals surface area contributed by atoms with Crippen molar-refractivity contribution in [1.82, 2.24) is 0 Å². The number of nitrogens with zero attached hydrogens (tertiary/aromatic N) is 7. The topological polar surface area (TPSA) is 163 Å². The average Bonchev–Trinajstić information content (AvgIpc) is 3.18. The number of hydrogen-bond donors (Lipinski definition) is 1. The summed E-state index contributed by atoms with van der Waals surface area (Å²) in [6.07, 6.45) is 0. The standard InChI is InChI=1S/C21H25N3O2.C16H18N4O3.C4H5ClO/c1-5-24(14-15-26-21(25)16(2)3)20-12-10-19(11-13-20)23-22-18-8-6-17(4)7-9-18;1-2-19(11-12-21)15-7-3-13(4-8-15)17-18-14-5-9-16(10-6-14)20(22)23;1-3(2)4(5)6/h6-13H,2,5,14-15H2,1,3-4H3;3-10,21H,2,11-12H2,1H3;1H2,2H3. The Morgan fingerprint density at radius 2 is 1.07 bits per heavy atom. The summed E-state index contributed by atoms with van der Waals surface area (Å²) in [5, 5.41) is 35.8. The number of aryl methyl sites for hydroxylation is 1. The molecule has 0 spiro atoms. The monoisotopic (exact) mass is 769 g/mol. The number of esters is 1. The second-order valence-corrected chi connectivity index (χ2v) is 12.2. The highest BCUT2D eigenvalue weighted by Crippen LogP contribution is 2.24. The number of carbonyl (C=O) groups is 2. The lowest BCUT2D eigenvalue weighted by atomic mass is 10.2. The molecule has 4 aromatic rings. The molecule has 4 aromatic carbocycles. The average molecular weight is 770 g/mol. The van der Waals surface area contributed by atoms with Gasteiger partial charge in [0.15, 0.2) is 0 Å². The van der Waals surface area contributed by atoms with Gasteiger partial charge in [-0.05, 0) is 119 Å². The fourth-order valence-electron chi connectivity index (χ4n) is 4.38. The van der Waals surface area contributed by atoms with Crippen molar-refractivity contribution in [2.75, 3.05) is 49.2 Å². The first-order valence-corrected chi connectivity index (χ1v) is 17.8. The Hall–Kier alpha value is -6.05. The van der Waals surface area contributed by atoms with Crippen LogP contribution in [-0.2, 0) is 14.3 Å². The van der Waals surface area contributed by atoms with Gasteiger partial charge in [-0.25, -0.2) is 4.79 Å². The first kappa shape index (κ1) is 45.1. The predicted molar refractivity (Wildman–Crippen MR) is 220 cm³/mol. The lowest BCUT2D eigenvalue weighted by Crippen LogP contribution is -2.28. The number of nitro groups is 1. The van der Waals surface area contributed by atoms with Crippen LogP contribution < -0.4 is 9.80 Å². The third-order valence-corrected chi connectivity index (χ3v) is 7.82. The van der Waals surface area contributed by atoms with Crippen LogP contribution in [0.2, 0.25) is 0 Å². The van der Waals surface area contributed by atoms with Gasteiger partial charge in [0.2, 0.25) is 5.24 Å². The molecule has 0 bridgehead atoms. The molecule has 0 fully saturated rings. The Morgan fingerprint density at radius 1 is 0.709 bits per heavy atom. The highest BCUT2D eigenvalue weighted by molar-refractivity contribution is 6.67. The van der Waals surface area contributed by atoms with E-state index in [-0.39, 0.29) is 18.3 Å². The summed E-state index contributed by atoms with van der Waals surface area (Å²) in [5.41, 5.74) is 6.94. The minimum atomic E-state index is -0.463. The summed E-state index contributed by atoms with van der Waals surface area (Å²) in [7, 11) is 0. The van der Waals surface area contributed by atoms with Gasteiger partial charge in [0.05, 0.1) is 40.8 Å². The summed E-state index contributed by atoms with van der Waals surface area (Å²) < 4.78 is 5.16. The van der Waals surface area contributed by atoms with Gasteiger partial charge in [0.1, 0.15) is 6.61 Å². The Bertz CT molecular complexity index is 1890. The SMILES string of the molecule is C=C(C)C(=O)Cl.C=C(C)C(=O)OCCN(CC)c1ccc(N=Nc2ccc(C)cc2)cc1.CCN(CCO)c1ccc(N=Nc2ccc([N+](=O)[O-])cc2)cc1. The van der Waals surface area contributed by atoms with E-state index in [0.29, 0.717) is 42.2 Å². The van der Waals surface area contributed by atoms with Crippen LogP contribution in [0.4, 0.5) is 39.8 Å². The summed E-state index contributed by atoms with van der Waals surface area (Å²) in [6, 6.07) is 29.2. The Morgan fingerprint density at radius 3 is 1.40 bits per heavy atom. The largest absolute Gasteiger partial charge is 0.460 e. The maximum Gasteiger partial charge on any atom is 0.333 e. The van der Waals surface area contributed by atoms with Gasteiger partial charge in [-0.15, -0.1) is 0 Å². The predicted octanol–water partition coefficient (Wildman–Crippen LogP) is 10.5. The molecule has 0 heterocycles. The number of nitro benzene ring substituents is 1. The molecule has 0 aliphatic heterocycles. The molecule has 0 saturated carbocycles. The number of halogens is 1. The lowest BCUT2D eigenvalue weighted by Gasteiger charge is -2.22. The van der Waals surface area contributed by atoms with Crippen molar-refractivity contribution < 1.29 is 24.4 Å². The lowest BCUT2D eigenvalue weighted by molar-refractivity contribution is -0.384. The van der Waals surface area contributed by atoms with E-state index < -0.39 is 10.2 Å². The van der Waals surface area contributed by atoms with Crippen molar-refractivity contribution in [1.29, 1.82) is 0 Å². The van der Waals surface area contributed by atoms with Gasteiger partial charge < -0.3 is 19.6 Å². The molecule has 0 aliphatic rings. The van der Waals surface area contributed by atoms with E-state index in [9.17, 15) is 19.7 Å². The first-order chi connectivity index (χ1) is 26.3. The van der Waals surface area contributed by atoms with E-state index in [4.69, 9.17) is 21.4 Å². The van der Waals surface area contributed by atoms with Crippen LogP contribution in [0, 0.1) is 17.0 Å². The Balaban J connectivity index is 0.000000333. The van der Waals surface area contributed by atoms with Gasteiger partial charge >= 0.3 is 5.97 Å². The van der Waals surface area contributed by atoms with E-state index in [1.165, 1.54) is 17.7 Å². The second-order valence-electron chi connectivity index (χ2n) is 11.9. The zero-order valence-corrected chi connectivity index (χ0v) is 32.6. The van der Waals surface area contributed by atoms with Gasteiger partial charge in [0, 0.05) is 54.3 Å². The van der Waals surface area contributed by atoms with Crippen LogP contribution in [0.15, 0.2) is 142 Å². The smallest absolute Gasteiger partial charge is 0.333 e. The maximum atomic E-state index is 11.4. The van der Waals surface area contributed by atoms with E-state index >= 15 is 0 Å². The third-order valence-electron chi connectivity index (χ3n) is 7.50. The fourth-order valence-corrected chi connectivity index (χ4v) is 4.38. The van der Waals surface area contributed by atoms with Crippen LogP contribution in [0.1, 0.15) is 33.3 Å². The molecular formula is C41H48ClN7O6. The Kier molecular flexibility index (Phi) is 19.9. The summed E-state index contributed by atoms with van der Waals surface area (Å²) in [6.45, 7) is 19.5. The number of carbonyl (C=O) groups excluding carboxylic acids is 2. The van der Waals surface area contributed by atoms with Crippen molar-refractivity contribution in [3.8, 4) is 0 Å². The normalized spacial score (nSPS) is 10.5. The number of non-ortho nitro benzene ring substituents is 1. The van der Waals surface area contributed by atoms with Crippen molar-refractivity contribution in [2.45, 2.75) is 34.6 Å². The third kappa shape index (κ3) is 17.1. The first-order valence-electron chi connectivity index (χ1n) is 17.4. The number of aliphatic hydroxyl groups is 1. The number of hydrogen-bond acceptors (Lipinski definition) is 12. The van der Waals surface area contributed by atoms with Crippen molar-refractivity contribution >= 4 is 62.6 Å². The van der Waals surface area contributed by atoms with Crippen LogP contribution in [0.25, 0.3) is 0 Å². The highest BCUT2D eigenvalue weighted by atomic mass is 35.5. The molecule has 0 amide bonds. The Labute approximate surface area is 327 Å². The van der Waals surface area contributed by atoms with Crippen molar-refractivity contribution in [3.05, 3.63) is 137 Å². The van der Waals surface area contributed by atoms with Crippen LogP contribution >= 0.6 is 11.6 Å². The van der Waals surface area contributed by atoms with E-state index in [2.05, 4.69) is 50.3 Å². The maximum absolute atomic E-state index is 11.4. The number of azo groups is 2. The molecule has 55 heavy (non-hydrogen) atoms. The van der Waals surface area contributed by atoms with E-state index in [1.807, 2.05) is 86.6 Å². The fraction of sp³-hybridized carbons (Fsp3) is 0.268. The number of anilines is 2. The van der Waals surface area contributed by atoms with Gasteiger partial charge in [-0.3, -0.25) is 14.9 Å². The molecule has 13 nitrogen and oxygen atoms in total. The summed E-state index contributed by atoms with van der Waals surface area (Å²) in [5.74, 6) is -0.354. The zero-order valence-electron chi connectivity index (χ0n) is 31.9. The van der Waals surface area contributed by atoms with E-state index in [1.54, 1.807) is 26.0 Å². The van der Waals surface area contributed by atoms with Crippen LogP contribution in [0.3, 0.4) is 0 Å². The zero-order chi connectivity index (χ0) is 40.8. The minimum Gasteiger partial charge on any atom is -0.460 e. The number of ether oxygens (including phenoxy) is 1. The van der Waals surface area contributed by atoms with Crippen LogP contribution in [0.5, 0.6) is 0 Å². The van der Waals surface area contributed by atoms with E-state index in [0.717, 1.165) is 35.8 Å². The molecule has 0 aliphatic carbocycles. The molecule has 0 saturated heterocycles. The number of likely N-dealkylation sites (N-methyl/N-ethyl adjacent to an activating group) is 2. The number of rotatable bonds is 16. The summed E-state index contributed by atoms with van der Waals surface area (Å²) in [4.78, 5) is 35.6. The summed E-state index contributed by atoms with van der Waals surface area (Å²) >= 11 is 4.87. The quantitative estimate of drug-likeness (QED) is 0.0294. The molecule has 0 aromatic heterocycles. The van der Waals surface area contributed by atoms with Gasteiger partial charge in [0.25, 0.3) is 5.69 Å². The number of benzene rings is 4. The molecule has 0 unspecified atom stereocenters. The highest BCUT2D eigenvalue weighted by Gasteiger charge is 2.08. The molecule has 290 valence electrons. The minimum absolute atomic E-state index is 0.0249. The molecule has 1 N–H and O–H groups in total. The molecule has 0 atom stereocenters. The second kappa shape index (κ2) is 24.3. The van der Waals surface area contributed by atoms with Crippen molar-refractivity contribution in [3.63, 3.8) is 0 Å². The van der Waals surface area contributed by atoms with Gasteiger partial charge in [-0.1, -0.05) is 30.9 Å². The molecule has 4 rings (SSSR count). The molecular weight excluding hydrogens is 722 g/mol. The number of allylic oxidation sites excluding steroid dienone is 1. The van der Waals surface area contributed by atoms with Crippen molar-refractivity contribution in [2.24, 2.45) is 20.5 Å². The van der Waals surface area contributed by atoms with Gasteiger partial charge in [-0.2, -0.15) is 20.5 Å². The number of aliphatic hydroxyl groups excluding tert-OH is 1. The molecule has 0 radical (unpaired) electrons.